The SMILES string of the molecule is CC(C)Oc1cnn(CC(N)C2CCCCC2)c1. The van der Waals surface area contributed by atoms with Crippen molar-refractivity contribution in [2.75, 3.05) is 0 Å². The maximum atomic E-state index is 6.29. The number of ether oxygens (including phenoxy) is 1. The minimum atomic E-state index is 0.190. The van der Waals surface area contributed by atoms with Gasteiger partial charge in [0.2, 0.25) is 0 Å². The van der Waals surface area contributed by atoms with Crippen molar-refractivity contribution in [1.82, 2.24) is 9.78 Å². The van der Waals surface area contributed by atoms with Gasteiger partial charge in [0.05, 0.1) is 25.0 Å². The van der Waals surface area contributed by atoms with Crippen LogP contribution in [0.2, 0.25) is 0 Å². The van der Waals surface area contributed by atoms with Crippen LogP contribution in [-0.4, -0.2) is 21.9 Å². The van der Waals surface area contributed by atoms with Crippen LogP contribution < -0.4 is 10.5 Å². The summed E-state index contributed by atoms with van der Waals surface area (Å²) < 4.78 is 7.51. The van der Waals surface area contributed by atoms with Crippen molar-refractivity contribution in [3.05, 3.63) is 12.4 Å². The highest BCUT2D eigenvalue weighted by molar-refractivity contribution is 5.12. The van der Waals surface area contributed by atoms with Crippen LogP contribution in [0.3, 0.4) is 0 Å². The van der Waals surface area contributed by atoms with Crippen molar-refractivity contribution in [2.24, 2.45) is 11.7 Å². The quantitative estimate of drug-likeness (QED) is 0.875. The molecule has 1 aromatic heterocycles. The van der Waals surface area contributed by atoms with E-state index in [9.17, 15) is 0 Å². The maximum Gasteiger partial charge on any atom is 0.157 e. The third-order valence-electron chi connectivity index (χ3n) is 3.63. The van der Waals surface area contributed by atoms with Crippen LogP contribution in [0.1, 0.15) is 46.0 Å². The molecular formula is C14H25N3O. The van der Waals surface area contributed by atoms with E-state index in [-0.39, 0.29) is 12.1 Å². The lowest BCUT2D eigenvalue weighted by Crippen LogP contribution is -2.35. The Labute approximate surface area is 110 Å². The van der Waals surface area contributed by atoms with Gasteiger partial charge in [-0.3, -0.25) is 4.68 Å². The summed E-state index contributed by atoms with van der Waals surface area (Å²) in [5.74, 6) is 1.50. The van der Waals surface area contributed by atoms with Crippen LogP contribution in [0.25, 0.3) is 0 Å². The zero-order valence-electron chi connectivity index (χ0n) is 11.5. The Bertz CT molecular complexity index is 356. The molecule has 0 aliphatic heterocycles. The van der Waals surface area contributed by atoms with Gasteiger partial charge in [-0.1, -0.05) is 19.3 Å². The molecule has 102 valence electrons. The summed E-state index contributed by atoms with van der Waals surface area (Å²) in [5, 5.41) is 4.32. The molecule has 1 heterocycles. The van der Waals surface area contributed by atoms with Gasteiger partial charge < -0.3 is 10.5 Å². The van der Waals surface area contributed by atoms with Crippen molar-refractivity contribution in [3.63, 3.8) is 0 Å². The molecule has 0 aromatic carbocycles. The second-order valence-electron chi connectivity index (χ2n) is 5.63. The van der Waals surface area contributed by atoms with Crippen molar-refractivity contribution < 1.29 is 4.74 Å². The molecule has 0 bridgehead atoms. The number of hydrogen-bond acceptors (Lipinski definition) is 3. The second-order valence-corrected chi connectivity index (χ2v) is 5.63. The van der Waals surface area contributed by atoms with Gasteiger partial charge in [0.15, 0.2) is 5.75 Å². The number of rotatable bonds is 5. The summed E-state index contributed by atoms with van der Waals surface area (Å²) >= 11 is 0. The van der Waals surface area contributed by atoms with Gasteiger partial charge in [0.1, 0.15) is 0 Å². The first-order chi connectivity index (χ1) is 8.65. The molecule has 1 fully saturated rings. The van der Waals surface area contributed by atoms with E-state index in [0.717, 1.165) is 12.3 Å². The predicted molar refractivity (Wildman–Crippen MR) is 72.5 cm³/mol. The lowest BCUT2D eigenvalue weighted by Gasteiger charge is -2.27. The average molecular weight is 251 g/mol. The van der Waals surface area contributed by atoms with E-state index in [4.69, 9.17) is 10.5 Å². The van der Waals surface area contributed by atoms with E-state index in [0.29, 0.717) is 5.92 Å². The molecule has 1 aliphatic carbocycles. The Hall–Kier alpha value is -1.03. The first kappa shape index (κ1) is 13.4. The maximum absolute atomic E-state index is 6.29. The molecule has 4 heteroatoms. The summed E-state index contributed by atoms with van der Waals surface area (Å²) in [5.41, 5.74) is 6.29. The van der Waals surface area contributed by atoms with Gasteiger partial charge in [0, 0.05) is 6.04 Å². The minimum absolute atomic E-state index is 0.190. The molecule has 2 N–H and O–H groups in total. The standard InChI is InChI=1S/C14H25N3O/c1-11(2)18-13-8-16-17(9-13)10-14(15)12-6-4-3-5-7-12/h8-9,11-12,14H,3-7,10,15H2,1-2H3. The van der Waals surface area contributed by atoms with E-state index in [1.807, 2.05) is 24.7 Å². The first-order valence-electron chi connectivity index (χ1n) is 7.10. The summed E-state index contributed by atoms with van der Waals surface area (Å²) in [7, 11) is 0. The fraction of sp³-hybridized carbons (Fsp3) is 0.786. The third-order valence-corrected chi connectivity index (χ3v) is 3.63. The molecule has 0 radical (unpaired) electrons. The third kappa shape index (κ3) is 3.73. The van der Waals surface area contributed by atoms with Gasteiger partial charge >= 0.3 is 0 Å². The van der Waals surface area contributed by atoms with Crippen molar-refractivity contribution in [3.8, 4) is 5.75 Å². The van der Waals surface area contributed by atoms with Crippen molar-refractivity contribution >= 4 is 0 Å². The topological polar surface area (TPSA) is 53.1 Å². The molecule has 4 nitrogen and oxygen atoms in total. The van der Waals surface area contributed by atoms with Crippen LogP contribution in [-0.2, 0) is 6.54 Å². The van der Waals surface area contributed by atoms with Gasteiger partial charge in [-0.25, -0.2) is 0 Å². The lowest BCUT2D eigenvalue weighted by atomic mass is 9.84. The van der Waals surface area contributed by atoms with Crippen LogP contribution in [0.5, 0.6) is 5.75 Å². The van der Waals surface area contributed by atoms with E-state index >= 15 is 0 Å². The molecular weight excluding hydrogens is 226 g/mol. The molecule has 2 rings (SSSR count). The molecule has 0 amide bonds. The number of hydrogen-bond donors (Lipinski definition) is 1. The Morgan fingerprint density at radius 1 is 1.39 bits per heavy atom. The minimum Gasteiger partial charge on any atom is -0.488 e. The molecule has 1 aliphatic rings. The average Bonchev–Trinajstić information content (AvgIpc) is 2.76. The second kappa shape index (κ2) is 6.23. The van der Waals surface area contributed by atoms with Crippen LogP contribution >= 0.6 is 0 Å². The van der Waals surface area contributed by atoms with Crippen LogP contribution in [0, 0.1) is 5.92 Å². The highest BCUT2D eigenvalue weighted by atomic mass is 16.5. The molecule has 1 atom stereocenters. The highest BCUT2D eigenvalue weighted by Crippen LogP contribution is 2.26. The summed E-state index contributed by atoms with van der Waals surface area (Å²) in [4.78, 5) is 0. The molecule has 18 heavy (non-hydrogen) atoms. The largest absolute Gasteiger partial charge is 0.488 e. The number of nitrogens with two attached hydrogens (primary N) is 1. The molecule has 0 saturated heterocycles. The van der Waals surface area contributed by atoms with E-state index in [1.165, 1.54) is 32.1 Å². The van der Waals surface area contributed by atoms with Gasteiger partial charge in [-0.05, 0) is 32.6 Å². The number of aromatic nitrogens is 2. The Morgan fingerprint density at radius 2 is 2.11 bits per heavy atom. The Kier molecular flexibility index (Phi) is 4.64. The normalized spacial score (nSPS) is 19.1. The lowest BCUT2D eigenvalue weighted by molar-refractivity contribution is 0.241. The first-order valence-corrected chi connectivity index (χ1v) is 7.10. The Morgan fingerprint density at radius 3 is 2.78 bits per heavy atom. The summed E-state index contributed by atoms with van der Waals surface area (Å²) in [6, 6.07) is 0.220. The monoisotopic (exact) mass is 251 g/mol. The van der Waals surface area contributed by atoms with E-state index in [2.05, 4.69) is 5.10 Å². The molecule has 1 saturated carbocycles. The Balaban J connectivity index is 1.86. The van der Waals surface area contributed by atoms with Gasteiger partial charge in [0.25, 0.3) is 0 Å². The molecule has 1 aromatic rings. The zero-order chi connectivity index (χ0) is 13.0. The summed E-state index contributed by atoms with van der Waals surface area (Å²) in [6.45, 7) is 4.84. The molecule has 1 unspecified atom stereocenters. The van der Waals surface area contributed by atoms with Crippen LogP contribution in [0.15, 0.2) is 12.4 Å². The summed E-state index contributed by atoms with van der Waals surface area (Å²) in [6.07, 6.45) is 10.5. The fourth-order valence-electron chi connectivity index (χ4n) is 2.70. The zero-order valence-corrected chi connectivity index (χ0v) is 11.5. The highest BCUT2D eigenvalue weighted by Gasteiger charge is 2.21. The van der Waals surface area contributed by atoms with Gasteiger partial charge in [-0.2, -0.15) is 5.10 Å². The number of nitrogens with zero attached hydrogens (tertiary/aromatic N) is 2. The van der Waals surface area contributed by atoms with Crippen molar-refractivity contribution in [1.29, 1.82) is 0 Å². The molecule has 0 spiro atoms. The predicted octanol–water partition coefficient (Wildman–Crippen LogP) is 2.58. The van der Waals surface area contributed by atoms with Crippen molar-refractivity contribution in [2.45, 2.75) is 64.6 Å². The van der Waals surface area contributed by atoms with E-state index in [1.54, 1.807) is 6.20 Å². The van der Waals surface area contributed by atoms with Gasteiger partial charge in [-0.15, -0.1) is 0 Å². The smallest absolute Gasteiger partial charge is 0.157 e. The van der Waals surface area contributed by atoms with E-state index < -0.39 is 0 Å². The van der Waals surface area contributed by atoms with Crippen LogP contribution in [0.4, 0.5) is 0 Å². The fourth-order valence-corrected chi connectivity index (χ4v) is 2.70.